The van der Waals surface area contributed by atoms with E-state index in [2.05, 4.69) is 46.6 Å². The van der Waals surface area contributed by atoms with Crippen LogP contribution in [0.3, 0.4) is 0 Å². The van der Waals surface area contributed by atoms with Crippen LogP contribution in [0.4, 0.5) is 0 Å². The number of benzene rings is 1. The third-order valence-electron chi connectivity index (χ3n) is 3.90. The lowest BCUT2D eigenvalue weighted by molar-refractivity contribution is 0.180. The molecule has 1 rings (SSSR count). The maximum absolute atomic E-state index is 5.58. The Hall–Kier alpha value is -1.06. The van der Waals surface area contributed by atoms with Gasteiger partial charge in [0.2, 0.25) is 0 Å². The summed E-state index contributed by atoms with van der Waals surface area (Å²) in [5.41, 5.74) is 2.36. The highest BCUT2D eigenvalue weighted by molar-refractivity contribution is 14.0. The van der Waals surface area contributed by atoms with Gasteiger partial charge < -0.3 is 25.0 Å². The Kier molecular flexibility index (Phi) is 14.4. The molecule has 1 aromatic carbocycles. The Bertz CT molecular complexity index is 526. The van der Waals surface area contributed by atoms with Gasteiger partial charge in [0.25, 0.3) is 0 Å². The monoisotopic (exact) mass is 478 g/mol. The van der Waals surface area contributed by atoms with Gasteiger partial charge in [-0.2, -0.15) is 0 Å². The first-order valence-corrected chi connectivity index (χ1v) is 8.95. The molecule has 0 amide bonds. The molecule has 0 radical (unpaired) electrons. The molecule has 0 unspecified atom stereocenters. The second-order valence-corrected chi connectivity index (χ2v) is 6.04. The molecule has 0 aliphatic carbocycles. The van der Waals surface area contributed by atoms with Crippen molar-refractivity contribution in [3.8, 4) is 5.75 Å². The lowest BCUT2D eigenvalue weighted by Gasteiger charge is -2.18. The van der Waals surface area contributed by atoms with Crippen LogP contribution in [0.15, 0.2) is 23.2 Å². The van der Waals surface area contributed by atoms with Crippen molar-refractivity contribution in [2.24, 2.45) is 4.99 Å². The van der Waals surface area contributed by atoms with Crippen molar-refractivity contribution in [2.75, 3.05) is 54.1 Å². The number of guanidine groups is 1. The van der Waals surface area contributed by atoms with Gasteiger partial charge in [0.05, 0.1) is 6.61 Å². The summed E-state index contributed by atoms with van der Waals surface area (Å²) in [6.45, 7) is 9.15. The Balaban J connectivity index is 0.00000625. The zero-order valence-corrected chi connectivity index (χ0v) is 19.1. The smallest absolute Gasteiger partial charge is 0.191 e. The summed E-state index contributed by atoms with van der Waals surface area (Å²) in [5, 5.41) is 6.70. The first-order chi connectivity index (χ1) is 12.1. The van der Waals surface area contributed by atoms with Crippen molar-refractivity contribution >= 4 is 29.9 Å². The van der Waals surface area contributed by atoms with Crippen LogP contribution >= 0.6 is 24.0 Å². The number of aliphatic imine (C=N–C) groups is 1. The number of methoxy groups -OCH3 is 1. The number of likely N-dealkylation sites (N-methyl/N-ethyl adjacent to an activating group) is 1. The largest absolute Gasteiger partial charge is 0.494 e. The first kappa shape index (κ1) is 24.9. The van der Waals surface area contributed by atoms with Crippen LogP contribution in [0.5, 0.6) is 5.75 Å². The predicted octanol–water partition coefficient (Wildman–Crippen LogP) is 2.65. The van der Waals surface area contributed by atoms with E-state index in [0.29, 0.717) is 6.61 Å². The SMILES string of the molecule is CCOc1ccc(CNC(=NC)NCCN(C)CCCOC)cc1C.I. The number of nitrogens with one attached hydrogen (secondary N) is 2. The minimum atomic E-state index is 0. The van der Waals surface area contributed by atoms with E-state index < -0.39 is 0 Å². The molecule has 26 heavy (non-hydrogen) atoms. The molecule has 0 aromatic heterocycles. The summed E-state index contributed by atoms with van der Waals surface area (Å²) < 4.78 is 10.7. The molecule has 1 aromatic rings. The van der Waals surface area contributed by atoms with Crippen LogP contribution < -0.4 is 15.4 Å². The molecule has 0 saturated heterocycles. The normalized spacial score (nSPS) is 11.2. The summed E-state index contributed by atoms with van der Waals surface area (Å²) >= 11 is 0. The molecule has 0 aliphatic rings. The van der Waals surface area contributed by atoms with Gasteiger partial charge in [0.15, 0.2) is 5.96 Å². The standard InChI is InChI=1S/C19H34N4O2.HI/c1-6-25-18-9-8-17(14-16(18)2)15-22-19(20-3)21-10-12-23(4)11-7-13-24-5;/h8-9,14H,6-7,10-13,15H2,1-5H3,(H2,20,21,22);1H. The lowest BCUT2D eigenvalue weighted by Crippen LogP contribution is -2.40. The van der Waals surface area contributed by atoms with Crippen molar-refractivity contribution in [3.05, 3.63) is 29.3 Å². The van der Waals surface area contributed by atoms with Crippen LogP contribution in [0.25, 0.3) is 0 Å². The van der Waals surface area contributed by atoms with Crippen molar-refractivity contribution in [2.45, 2.75) is 26.8 Å². The van der Waals surface area contributed by atoms with E-state index in [9.17, 15) is 0 Å². The van der Waals surface area contributed by atoms with E-state index in [-0.39, 0.29) is 24.0 Å². The van der Waals surface area contributed by atoms with Gasteiger partial charge in [-0.3, -0.25) is 4.99 Å². The number of hydrogen-bond donors (Lipinski definition) is 2. The minimum Gasteiger partial charge on any atom is -0.494 e. The minimum absolute atomic E-state index is 0. The molecule has 0 fully saturated rings. The van der Waals surface area contributed by atoms with Crippen molar-refractivity contribution in [1.29, 1.82) is 0 Å². The van der Waals surface area contributed by atoms with Gasteiger partial charge in [-0.1, -0.05) is 12.1 Å². The summed E-state index contributed by atoms with van der Waals surface area (Å²) in [6, 6.07) is 6.26. The van der Waals surface area contributed by atoms with E-state index >= 15 is 0 Å². The number of halogens is 1. The van der Waals surface area contributed by atoms with Crippen LogP contribution in [0, 0.1) is 6.92 Å². The molecule has 0 bridgehead atoms. The molecule has 0 saturated carbocycles. The van der Waals surface area contributed by atoms with Gasteiger partial charge in [-0.05, 0) is 44.5 Å². The van der Waals surface area contributed by atoms with Crippen LogP contribution in [0.1, 0.15) is 24.5 Å². The highest BCUT2D eigenvalue weighted by Crippen LogP contribution is 2.18. The molecule has 150 valence electrons. The molecule has 0 aliphatic heterocycles. The van der Waals surface area contributed by atoms with E-state index in [4.69, 9.17) is 9.47 Å². The number of hydrogen-bond acceptors (Lipinski definition) is 4. The van der Waals surface area contributed by atoms with E-state index in [0.717, 1.165) is 56.5 Å². The highest BCUT2D eigenvalue weighted by atomic mass is 127. The molecular formula is C19H35IN4O2. The Labute approximate surface area is 175 Å². The van der Waals surface area contributed by atoms with Gasteiger partial charge in [-0.15, -0.1) is 24.0 Å². The topological polar surface area (TPSA) is 58.1 Å². The third-order valence-corrected chi connectivity index (χ3v) is 3.90. The molecule has 6 nitrogen and oxygen atoms in total. The fourth-order valence-electron chi connectivity index (χ4n) is 2.50. The van der Waals surface area contributed by atoms with Crippen LogP contribution in [-0.4, -0.2) is 64.9 Å². The summed E-state index contributed by atoms with van der Waals surface area (Å²) in [5.74, 6) is 1.77. The highest BCUT2D eigenvalue weighted by Gasteiger charge is 2.03. The van der Waals surface area contributed by atoms with Gasteiger partial charge in [0.1, 0.15) is 5.75 Å². The Morgan fingerprint density at radius 1 is 1.23 bits per heavy atom. The Morgan fingerprint density at radius 3 is 2.62 bits per heavy atom. The summed E-state index contributed by atoms with van der Waals surface area (Å²) in [6.07, 6.45) is 1.05. The number of aryl methyl sites for hydroxylation is 1. The molecular weight excluding hydrogens is 443 g/mol. The van der Waals surface area contributed by atoms with Gasteiger partial charge in [0, 0.05) is 46.9 Å². The van der Waals surface area contributed by atoms with E-state index in [1.54, 1.807) is 14.2 Å². The van der Waals surface area contributed by atoms with Gasteiger partial charge >= 0.3 is 0 Å². The summed E-state index contributed by atoms with van der Waals surface area (Å²) in [4.78, 5) is 6.56. The number of ether oxygens (including phenoxy) is 2. The lowest BCUT2D eigenvalue weighted by atomic mass is 10.1. The quantitative estimate of drug-likeness (QED) is 0.222. The van der Waals surface area contributed by atoms with Crippen LogP contribution in [0.2, 0.25) is 0 Å². The summed E-state index contributed by atoms with van der Waals surface area (Å²) in [7, 11) is 5.65. The zero-order chi connectivity index (χ0) is 18.5. The number of rotatable bonds is 11. The second-order valence-electron chi connectivity index (χ2n) is 6.04. The number of nitrogens with zero attached hydrogens (tertiary/aromatic N) is 2. The van der Waals surface area contributed by atoms with Crippen LogP contribution in [-0.2, 0) is 11.3 Å². The van der Waals surface area contributed by atoms with E-state index in [1.807, 2.05) is 13.0 Å². The maximum atomic E-state index is 5.58. The van der Waals surface area contributed by atoms with Crippen molar-refractivity contribution < 1.29 is 9.47 Å². The molecule has 0 heterocycles. The van der Waals surface area contributed by atoms with Crippen molar-refractivity contribution in [3.63, 3.8) is 0 Å². The van der Waals surface area contributed by atoms with Gasteiger partial charge in [-0.25, -0.2) is 0 Å². The molecule has 7 heteroatoms. The molecule has 2 N–H and O–H groups in total. The first-order valence-electron chi connectivity index (χ1n) is 8.95. The third kappa shape index (κ3) is 10.2. The Morgan fingerprint density at radius 2 is 2.00 bits per heavy atom. The van der Waals surface area contributed by atoms with Crippen molar-refractivity contribution in [1.82, 2.24) is 15.5 Å². The second kappa shape index (κ2) is 15.0. The zero-order valence-electron chi connectivity index (χ0n) is 16.8. The average Bonchev–Trinajstić information content (AvgIpc) is 2.60. The fourth-order valence-corrected chi connectivity index (χ4v) is 2.50. The maximum Gasteiger partial charge on any atom is 0.191 e. The van der Waals surface area contributed by atoms with E-state index in [1.165, 1.54) is 5.56 Å². The average molecular weight is 478 g/mol. The molecule has 0 atom stereocenters. The molecule has 0 spiro atoms. The fraction of sp³-hybridized carbons (Fsp3) is 0.632. The predicted molar refractivity (Wildman–Crippen MR) is 120 cm³/mol.